The molecule has 0 saturated carbocycles. The molecule has 0 unspecified atom stereocenters. The highest BCUT2D eigenvalue weighted by Crippen LogP contribution is 2.39. The molecule has 0 spiro atoms. The van der Waals surface area contributed by atoms with Crippen LogP contribution in [0.2, 0.25) is 0 Å². The van der Waals surface area contributed by atoms with Gasteiger partial charge in [-0.3, -0.25) is 28.8 Å². The number of hydrogen-bond donors (Lipinski definition) is 6. The van der Waals surface area contributed by atoms with Crippen molar-refractivity contribution in [3.8, 4) is 22.6 Å². The molecule has 67 heavy (non-hydrogen) atoms. The third-order valence-corrected chi connectivity index (χ3v) is 12.0. The normalized spacial score (nSPS) is 20.3. The SMILES string of the molecule is COc1cccc(OC)c1-c1ccc(C[C@@H]2NC(=O)[C@]3(Cc4ccccc4)CCCN(C3)C(=O)/C=C/C(=O)NCC[C@@H](C(=O)NCCOCCN)NC(=O)Cc3ccccc3CNC2=O)cc1. The van der Waals surface area contributed by atoms with Crippen molar-refractivity contribution in [2.45, 2.75) is 57.2 Å². The monoisotopic (exact) mass is 915 g/mol. The Morgan fingerprint density at radius 1 is 0.806 bits per heavy atom. The smallest absolute Gasteiger partial charge is 0.246 e. The number of nitrogens with two attached hydrogens (primary N) is 1. The van der Waals surface area contributed by atoms with Crippen molar-refractivity contribution in [2.75, 3.05) is 60.2 Å². The number of nitrogens with one attached hydrogen (secondary N) is 5. The number of amides is 6. The van der Waals surface area contributed by atoms with E-state index in [0.29, 0.717) is 61.6 Å². The van der Waals surface area contributed by atoms with E-state index in [4.69, 9.17) is 19.9 Å². The molecule has 2 aliphatic rings. The first kappa shape index (κ1) is 49.4. The van der Waals surface area contributed by atoms with Crippen molar-refractivity contribution in [2.24, 2.45) is 11.1 Å². The Morgan fingerprint density at radius 2 is 1.52 bits per heavy atom. The minimum atomic E-state index is -1.13. The van der Waals surface area contributed by atoms with E-state index in [2.05, 4.69) is 26.6 Å². The third kappa shape index (κ3) is 13.7. The first-order valence-electron chi connectivity index (χ1n) is 22.6. The van der Waals surface area contributed by atoms with Gasteiger partial charge in [-0.25, -0.2) is 0 Å². The summed E-state index contributed by atoms with van der Waals surface area (Å²) in [4.78, 5) is 84.8. The fourth-order valence-corrected chi connectivity index (χ4v) is 8.52. The number of rotatable bonds is 13. The molecule has 6 amide bonds. The van der Waals surface area contributed by atoms with E-state index in [-0.39, 0.29) is 58.0 Å². The van der Waals surface area contributed by atoms with Crippen molar-refractivity contribution in [3.63, 3.8) is 0 Å². The Bertz CT molecular complexity index is 2350. The van der Waals surface area contributed by atoms with Crippen LogP contribution in [0.4, 0.5) is 0 Å². The van der Waals surface area contributed by atoms with Crippen LogP contribution in [0.25, 0.3) is 11.1 Å². The Labute approximate surface area is 391 Å². The molecule has 2 aliphatic heterocycles. The van der Waals surface area contributed by atoms with Crippen molar-refractivity contribution in [1.82, 2.24) is 31.5 Å². The quantitative estimate of drug-likeness (QED) is 0.108. The van der Waals surface area contributed by atoms with E-state index in [1.807, 2.05) is 72.8 Å². The highest BCUT2D eigenvalue weighted by molar-refractivity contribution is 5.97. The number of methoxy groups -OCH3 is 2. The van der Waals surface area contributed by atoms with Crippen LogP contribution in [-0.4, -0.2) is 113 Å². The number of ether oxygens (including phenoxy) is 3. The fourth-order valence-electron chi connectivity index (χ4n) is 8.52. The van der Waals surface area contributed by atoms with E-state index >= 15 is 0 Å². The largest absolute Gasteiger partial charge is 0.496 e. The van der Waals surface area contributed by atoms with Gasteiger partial charge in [-0.15, -0.1) is 0 Å². The minimum absolute atomic E-state index is 0.00786. The Morgan fingerprint density at radius 3 is 2.24 bits per heavy atom. The first-order valence-corrected chi connectivity index (χ1v) is 22.6. The highest BCUT2D eigenvalue weighted by atomic mass is 16.5. The molecule has 0 aromatic heterocycles. The van der Waals surface area contributed by atoms with E-state index in [1.54, 1.807) is 43.4 Å². The Hall–Kier alpha value is -7.04. The minimum Gasteiger partial charge on any atom is -0.496 e. The Balaban J connectivity index is 1.32. The number of carbonyl (C=O) groups is 6. The number of benzene rings is 4. The van der Waals surface area contributed by atoms with Gasteiger partial charge in [0.1, 0.15) is 23.6 Å². The lowest BCUT2D eigenvalue weighted by atomic mass is 9.74. The second-order valence-electron chi connectivity index (χ2n) is 16.7. The van der Waals surface area contributed by atoms with E-state index in [9.17, 15) is 28.8 Å². The third-order valence-electron chi connectivity index (χ3n) is 12.0. The van der Waals surface area contributed by atoms with Crippen LogP contribution in [0.3, 0.4) is 0 Å². The molecule has 16 heteroatoms. The summed E-state index contributed by atoms with van der Waals surface area (Å²) in [6.07, 6.45) is 3.58. The van der Waals surface area contributed by atoms with Crippen molar-refractivity contribution >= 4 is 35.4 Å². The van der Waals surface area contributed by atoms with Crippen LogP contribution in [0, 0.1) is 5.41 Å². The standard InChI is InChI=1S/C51H61N7O9/c1-65-42-14-8-15-43(66-2)47(42)37-18-16-35(17-19-37)30-41-49(63)55-33-39-13-7-6-12-38(39)31-45(60)56-40(48(62)54-26-29-67-28-24-52)22-25-53-44(59)20-21-46(61)58-27-9-23-51(34-58,50(64)57-41)32-36-10-4-3-5-11-36/h3-8,10-21,40-41H,9,22-34,52H2,1-2H3,(H,53,59)(H,54,62)(H,55,63)(H,56,60)(H,57,64)/b21-20+/t40-,41-,51-/m0/s1. The molecule has 354 valence electrons. The van der Waals surface area contributed by atoms with Gasteiger partial charge in [-0.05, 0) is 65.6 Å². The molecular weight excluding hydrogens is 855 g/mol. The molecule has 0 radical (unpaired) electrons. The van der Waals surface area contributed by atoms with E-state index < -0.39 is 47.0 Å². The zero-order valence-corrected chi connectivity index (χ0v) is 38.1. The average Bonchev–Trinajstić information content (AvgIpc) is 3.34. The summed E-state index contributed by atoms with van der Waals surface area (Å²) in [7, 11) is 3.18. The molecule has 4 aromatic carbocycles. The summed E-state index contributed by atoms with van der Waals surface area (Å²) < 4.78 is 16.7. The van der Waals surface area contributed by atoms with Crippen LogP contribution >= 0.6 is 0 Å². The summed E-state index contributed by atoms with van der Waals surface area (Å²) in [6.45, 7) is 1.50. The van der Waals surface area contributed by atoms with Gasteiger partial charge in [-0.2, -0.15) is 0 Å². The fraction of sp³-hybridized carbons (Fsp3) is 0.373. The van der Waals surface area contributed by atoms with Crippen molar-refractivity contribution in [1.29, 1.82) is 0 Å². The summed E-state index contributed by atoms with van der Waals surface area (Å²) in [5.41, 5.74) is 8.89. The molecule has 16 nitrogen and oxygen atoms in total. The number of piperidine rings is 1. The summed E-state index contributed by atoms with van der Waals surface area (Å²) in [5, 5.41) is 14.4. The highest BCUT2D eigenvalue weighted by Gasteiger charge is 2.44. The van der Waals surface area contributed by atoms with Crippen molar-refractivity contribution < 1.29 is 43.0 Å². The molecular formula is C51H61N7O9. The van der Waals surface area contributed by atoms with Gasteiger partial charge in [0.15, 0.2) is 0 Å². The van der Waals surface area contributed by atoms with Crippen LogP contribution in [-0.2, 0) is 59.3 Å². The second kappa shape index (κ2) is 24.5. The lowest BCUT2D eigenvalue weighted by Gasteiger charge is -2.42. The zero-order chi connectivity index (χ0) is 47.6. The van der Waals surface area contributed by atoms with Gasteiger partial charge in [0.2, 0.25) is 35.4 Å². The molecule has 7 N–H and O–H groups in total. The maximum atomic E-state index is 15.0. The van der Waals surface area contributed by atoms with Gasteiger partial charge in [0.25, 0.3) is 0 Å². The summed E-state index contributed by atoms with van der Waals surface area (Å²) in [6, 6.07) is 27.8. The molecule has 0 aliphatic carbocycles. The molecule has 6 rings (SSSR count). The molecule has 3 atom stereocenters. The molecule has 2 bridgehead atoms. The van der Waals surface area contributed by atoms with E-state index in [0.717, 1.165) is 28.3 Å². The van der Waals surface area contributed by atoms with Gasteiger partial charge in [0.05, 0.1) is 44.8 Å². The molecule has 4 aromatic rings. The maximum absolute atomic E-state index is 15.0. The Kier molecular flexibility index (Phi) is 18.0. The van der Waals surface area contributed by atoms with Gasteiger partial charge < -0.3 is 51.4 Å². The van der Waals surface area contributed by atoms with Crippen LogP contribution in [0.15, 0.2) is 109 Å². The second-order valence-corrected chi connectivity index (χ2v) is 16.7. The molecule has 1 saturated heterocycles. The predicted molar refractivity (Wildman–Crippen MR) is 253 cm³/mol. The predicted octanol–water partition coefficient (Wildman–Crippen LogP) is 2.76. The van der Waals surface area contributed by atoms with Crippen molar-refractivity contribution in [3.05, 3.63) is 131 Å². The van der Waals surface area contributed by atoms with Gasteiger partial charge in [0, 0.05) is 57.8 Å². The lowest BCUT2D eigenvalue weighted by Crippen LogP contribution is -2.58. The van der Waals surface area contributed by atoms with Gasteiger partial charge in [-0.1, -0.05) is 84.9 Å². The molecule has 2 heterocycles. The number of hydrogen-bond acceptors (Lipinski definition) is 10. The molecule has 1 fully saturated rings. The van der Waals surface area contributed by atoms with Gasteiger partial charge >= 0.3 is 0 Å². The topological polar surface area (TPSA) is 220 Å². The van der Waals surface area contributed by atoms with Crippen LogP contribution < -0.4 is 41.8 Å². The number of nitrogens with zero attached hydrogens (tertiary/aromatic N) is 1. The summed E-state index contributed by atoms with van der Waals surface area (Å²) in [5.74, 6) is -1.53. The maximum Gasteiger partial charge on any atom is 0.246 e. The average molecular weight is 916 g/mol. The van der Waals surface area contributed by atoms with Crippen LogP contribution in [0.1, 0.15) is 41.5 Å². The summed E-state index contributed by atoms with van der Waals surface area (Å²) >= 11 is 0. The van der Waals surface area contributed by atoms with Crippen LogP contribution in [0.5, 0.6) is 11.5 Å². The number of fused-ring (bicyclic) bond motifs is 3. The zero-order valence-electron chi connectivity index (χ0n) is 38.1. The first-order chi connectivity index (χ1) is 32.5. The number of carbonyl (C=O) groups excluding carboxylic acids is 6. The van der Waals surface area contributed by atoms with E-state index in [1.165, 1.54) is 6.08 Å². The lowest BCUT2D eigenvalue weighted by molar-refractivity contribution is -0.141.